The molecule has 0 N–H and O–H groups in total. The molecule has 10 aromatic rings. The molecule has 2 heterocycles. The first-order valence-electron chi connectivity index (χ1n) is 16.6. The zero-order chi connectivity index (χ0) is 32.5. The van der Waals surface area contributed by atoms with Gasteiger partial charge in [0.25, 0.3) is 5.56 Å². The van der Waals surface area contributed by atoms with Gasteiger partial charge in [-0.05, 0) is 84.2 Å². The maximum absolute atomic E-state index is 13.4. The Balaban J connectivity index is 1.31. The molecule has 228 valence electrons. The number of hydrogen-bond donors (Lipinski definition) is 0. The standard InChI is InChI=1S/C46H28N2O/c49-46-40-23-10-11-24-42(40)48-44(43(29-13-2-1-3-14-29)38-21-8-9-22-39(38)45(48)47-46)32-16-12-15-30(27-32)31-25-26-37-35-19-5-4-17-33(35)34-18-6-7-20-36(34)41(37)28-31/h1-28H. The van der Waals surface area contributed by atoms with E-state index < -0.39 is 0 Å². The first-order valence-corrected chi connectivity index (χ1v) is 16.6. The molecule has 0 aliphatic rings. The Morgan fingerprint density at radius 1 is 0.367 bits per heavy atom. The first-order chi connectivity index (χ1) is 24.2. The third-order valence-corrected chi connectivity index (χ3v) is 9.97. The van der Waals surface area contributed by atoms with E-state index in [0.29, 0.717) is 11.0 Å². The van der Waals surface area contributed by atoms with Crippen LogP contribution in [0.4, 0.5) is 0 Å². The molecule has 0 fully saturated rings. The zero-order valence-corrected chi connectivity index (χ0v) is 26.5. The number of fused-ring (bicyclic) bond motifs is 11. The predicted octanol–water partition coefficient (Wildman–Crippen LogP) is 11.5. The lowest BCUT2D eigenvalue weighted by atomic mass is 9.90. The molecule has 3 heteroatoms. The summed E-state index contributed by atoms with van der Waals surface area (Å²) < 4.78 is 2.19. The highest BCUT2D eigenvalue weighted by molar-refractivity contribution is 6.25. The fourth-order valence-electron chi connectivity index (χ4n) is 7.82. The summed E-state index contributed by atoms with van der Waals surface area (Å²) in [5.41, 5.74) is 7.80. The van der Waals surface area contributed by atoms with Crippen molar-refractivity contribution < 1.29 is 0 Å². The van der Waals surface area contributed by atoms with Gasteiger partial charge in [0, 0.05) is 10.9 Å². The fraction of sp³-hybridized carbons (Fsp3) is 0. The van der Waals surface area contributed by atoms with Crippen molar-refractivity contribution in [1.29, 1.82) is 0 Å². The monoisotopic (exact) mass is 624 g/mol. The summed E-state index contributed by atoms with van der Waals surface area (Å²) in [4.78, 5) is 18.2. The van der Waals surface area contributed by atoms with Gasteiger partial charge in [-0.1, -0.05) is 146 Å². The van der Waals surface area contributed by atoms with Gasteiger partial charge in [-0.25, -0.2) is 0 Å². The van der Waals surface area contributed by atoms with E-state index in [1.165, 1.54) is 32.3 Å². The van der Waals surface area contributed by atoms with Crippen LogP contribution in [-0.4, -0.2) is 9.38 Å². The van der Waals surface area contributed by atoms with Crippen molar-refractivity contribution >= 4 is 59.6 Å². The van der Waals surface area contributed by atoms with Gasteiger partial charge in [0.1, 0.15) is 5.65 Å². The molecule has 0 spiro atoms. The lowest BCUT2D eigenvalue weighted by molar-refractivity contribution is 1.15. The summed E-state index contributed by atoms with van der Waals surface area (Å²) in [6, 6.07) is 59.7. The average molecular weight is 625 g/mol. The Morgan fingerprint density at radius 3 is 1.59 bits per heavy atom. The summed E-state index contributed by atoms with van der Waals surface area (Å²) in [6.45, 7) is 0. The number of nitrogens with zero attached hydrogens (tertiary/aromatic N) is 2. The van der Waals surface area contributed by atoms with Gasteiger partial charge in [0.2, 0.25) is 0 Å². The van der Waals surface area contributed by atoms with Gasteiger partial charge in [0.15, 0.2) is 0 Å². The molecule has 0 unspecified atom stereocenters. The Labute approximate surface area is 282 Å². The summed E-state index contributed by atoms with van der Waals surface area (Å²) in [7, 11) is 0. The number of para-hydroxylation sites is 1. The van der Waals surface area contributed by atoms with Crippen molar-refractivity contribution in [3.05, 3.63) is 180 Å². The molecule has 3 nitrogen and oxygen atoms in total. The van der Waals surface area contributed by atoms with Gasteiger partial charge in [0.05, 0.1) is 16.6 Å². The summed E-state index contributed by atoms with van der Waals surface area (Å²) in [5, 5.41) is 10.1. The van der Waals surface area contributed by atoms with E-state index in [-0.39, 0.29) is 5.56 Å². The molecule has 0 amide bonds. The van der Waals surface area contributed by atoms with E-state index >= 15 is 0 Å². The highest BCUT2D eigenvalue weighted by Gasteiger charge is 2.21. The van der Waals surface area contributed by atoms with Crippen LogP contribution in [0.25, 0.3) is 93.2 Å². The van der Waals surface area contributed by atoms with Gasteiger partial charge in [-0.3, -0.25) is 9.20 Å². The third-order valence-electron chi connectivity index (χ3n) is 9.97. The average Bonchev–Trinajstić information content (AvgIpc) is 3.18. The minimum Gasteiger partial charge on any atom is -0.292 e. The number of pyridine rings is 1. The van der Waals surface area contributed by atoms with Crippen LogP contribution >= 0.6 is 0 Å². The van der Waals surface area contributed by atoms with Crippen LogP contribution in [0.5, 0.6) is 0 Å². The number of hydrogen-bond acceptors (Lipinski definition) is 2. The molecular weight excluding hydrogens is 597 g/mol. The molecule has 0 bridgehead atoms. The van der Waals surface area contributed by atoms with E-state index in [1.807, 2.05) is 36.4 Å². The van der Waals surface area contributed by atoms with E-state index in [4.69, 9.17) is 4.98 Å². The molecule has 0 aliphatic heterocycles. The van der Waals surface area contributed by atoms with E-state index in [0.717, 1.165) is 49.8 Å². The first kappa shape index (κ1) is 27.5. The summed E-state index contributed by atoms with van der Waals surface area (Å²) >= 11 is 0. The van der Waals surface area contributed by atoms with Crippen LogP contribution in [0.3, 0.4) is 0 Å². The maximum Gasteiger partial charge on any atom is 0.281 e. The molecular formula is C46H28N2O. The Bertz CT molecular complexity index is 2980. The van der Waals surface area contributed by atoms with Crippen molar-refractivity contribution in [2.24, 2.45) is 0 Å². The molecule has 0 saturated carbocycles. The van der Waals surface area contributed by atoms with Crippen molar-refractivity contribution in [2.75, 3.05) is 0 Å². The largest absolute Gasteiger partial charge is 0.292 e. The van der Waals surface area contributed by atoms with Gasteiger partial charge in [-0.2, -0.15) is 4.98 Å². The molecule has 0 aliphatic carbocycles. The second kappa shape index (κ2) is 10.7. The number of benzene rings is 8. The van der Waals surface area contributed by atoms with Gasteiger partial charge < -0.3 is 0 Å². The topological polar surface area (TPSA) is 34.4 Å². The SMILES string of the molecule is O=c1nc2c3ccccc3c(-c3ccccc3)c(-c3cccc(-c4ccc5c6ccccc6c6ccccc6c5c4)c3)n2c2ccccc12. The van der Waals surface area contributed by atoms with E-state index in [9.17, 15) is 4.79 Å². The Morgan fingerprint density at radius 2 is 0.878 bits per heavy atom. The van der Waals surface area contributed by atoms with Crippen LogP contribution in [0, 0.1) is 0 Å². The van der Waals surface area contributed by atoms with Gasteiger partial charge in [-0.15, -0.1) is 0 Å². The molecule has 0 radical (unpaired) electrons. The zero-order valence-electron chi connectivity index (χ0n) is 26.5. The second-order valence-electron chi connectivity index (χ2n) is 12.7. The summed E-state index contributed by atoms with van der Waals surface area (Å²) in [6.07, 6.45) is 0. The van der Waals surface area contributed by atoms with Crippen molar-refractivity contribution in [3.8, 4) is 33.5 Å². The van der Waals surface area contributed by atoms with Crippen LogP contribution in [0.1, 0.15) is 0 Å². The maximum atomic E-state index is 13.4. The lowest BCUT2D eigenvalue weighted by Gasteiger charge is -2.21. The van der Waals surface area contributed by atoms with E-state index in [2.05, 4.69) is 138 Å². The smallest absolute Gasteiger partial charge is 0.281 e. The van der Waals surface area contributed by atoms with Crippen LogP contribution in [0.2, 0.25) is 0 Å². The van der Waals surface area contributed by atoms with Crippen LogP contribution < -0.4 is 5.56 Å². The normalized spacial score (nSPS) is 11.8. The van der Waals surface area contributed by atoms with Gasteiger partial charge >= 0.3 is 0 Å². The molecule has 8 aromatic carbocycles. The minimum atomic E-state index is -0.219. The molecule has 2 aromatic heterocycles. The minimum absolute atomic E-state index is 0.219. The van der Waals surface area contributed by atoms with E-state index in [1.54, 1.807) is 0 Å². The predicted molar refractivity (Wildman–Crippen MR) is 205 cm³/mol. The molecule has 10 rings (SSSR count). The Hall–Kier alpha value is -6.58. The lowest BCUT2D eigenvalue weighted by Crippen LogP contribution is -2.13. The fourth-order valence-corrected chi connectivity index (χ4v) is 7.82. The molecule has 0 atom stereocenters. The Kier molecular flexibility index (Phi) is 6.03. The molecule has 49 heavy (non-hydrogen) atoms. The quantitative estimate of drug-likeness (QED) is 0.183. The van der Waals surface area contributed by atoms with Crippen molar-refractivity contribution in [1.82, 2.24) is 9.38 Å². The van der Waals surface area contributed by atoms with Crippen LogP contribution in [0.15, 0.2) is 175 Å². The van der Waals surface area contributed by atoms with Crippen molar-refractivity contribution in [3.63, 3.8) is 0 Å². The van der Waals surface area contributed by atoms with Crippen molar-refractivity contribution in [2.45, 2.75) is 0 Å². The third kappa shape index (κ3) is 4.16. The second-order valence-corrected chi connectivity index (χ2v) is 12.7. The number of aromatic nitrogens is 2. The highest BCUT2D eigenvalue weighted by Crippen LogP contribution is 2.42. The summed E-state index contributed by atoms with van der Waals surface area (Å²) in [5.74, 6) is 0. The number of rotatable bonds is 3. The van der Waals surface area contributed by atoms with Crippen LogP contribution in [-0.2, 0) is 0 Å². The highest BCUT2D eigenvalue weighted by atomic mass is 16.1. The molecule has 0 saturated heterocycles.